The summed E-state index contributed by atoms with van der Waals surface area (Å²) in [7, 11) is 2.01. The molecule has 0 saturated carbocycles. The fourth-order valence-corrected chi connectivity index (χ4v) is 6.30. The summed E-state index contributed by atoms with van der Waals surface area (Å²) in [5.41, 5.74) is 17.0. The van der Waals surface area contributed by atoms with Crippen LogP contribution in [0.3, 0.4) is 0 Å². The highest BCUT2D eigenvalue weighted by Gasteiger charge is 2.16. The number of anilines is 1. The number of aliphatic imine (C=N–C) groups is 2. The Hall–Kier alpha value is -6.98. The first kappa shape index (κ1) is 35.4. The van der Waals surface area contributed by atoms with Crippen LogP contribution in [0.1, 0.15) is 27.8 Å². The van der Waals surface area contributed by atoms with E-state index in [0.717, 1.165) is 51.1 Å². The second-order valence-electron chi connectivity index (χ2n) is 13.0. The molecule has 2 aliphatic heterocycles. The van der Waals surface area contributed by atoms with Crippen molar-refractivity contribution in [3.05, 3.63) is 210 Å². The summed E-state index contributed by atoms with van der Waals surface area (Å²) in [5.74, 6) is 3.57. The second kappa shape index (κ2) is 17.0. The largest absolute Gasteiger partial charge is 0.456 e. The molecular formula is C49H42N4O. The summed E-state index contributed by atoms with van der Waals surface area (Å²) in [6.45, 7) is 2.73. The van der Waals surface area contributed by atoms with E-state index in [2.05, 4.69) is 108 Å². The number of nitrogens with zero attached hydrogens (tertiary/aromatic N) is 3. The Kier molecular flexibility index (Phi) is 11.2. The molecule has 7 aromatic carbocycles. The molecule has 0 fully saturated rings. The maximum atomic E-state index is 6.10. The molecule has 0 radical (unpaired) electrons. The Balaban J connectivity index is 0.000000128. The summed E-state index contributed by atoms with van der Waals surface area (Å²) in [6.07, 6.45) is 4.26. The van der Waals surface area contributed by atoms with E-state index in [1.807, 2.05) is 110 Å². The molecule has 9 rings (SSSR count). The molecule has 0 aromatic heterocycles. The van der Waals surface area contributed by atoms with Gasteiger partial charge in [-0.25, -0.2) is 9.98 Å². The summed E-state index contributed by atoms with van der Waals surface area (Å²) in [6, 6.07) is 61.4. The zero-order valence-corrected chi connectivity index (χ0v) is 30.5. The third-order valence-electron chi connectivity index (χ3n) is 9.03. The average Bonchev–Trinajstić information content (AvgIpc) is 3.42. The van der Waals surface area contributed by atoms with Gasteiger partial charge in [0.25, 0.3) is 0 Å². The van der Waals surface area contributed by atoms with E-state index in [1.165, 1.54) is 27.8 Å². The quantitative estimate of drug-likeness (QED) is 0.186. The number of hydrogen-bond donors (Lipinski definition) is 1. The molecule has 0 atom stereocenters. The number of aryl methyl sites for hydroxylation is 1. The molecule has 54 heavy (non-hydrogen) atoms. The van der Waals surface area contributed by atoms with Crippen LogP contribution in [0.2, 0.25) is 0 Å². The Bertz CT molecular complexity index is 2380. The zero-order valence-electron chi connectivity index (χ0n) is 30.5. The maximum absolute atomic E-state index is 6.10. The summed E-state index contributed by atoms with van der Waals surface area (Å²) < 4.78 is 6.10. The normalized spacial score (nSPS) is 12.5. The van der Waals surface area contributed by atoms with E-state index in [1.54, 1.807) is 0 Å². The van der Waals surface area contributed by atoms with Crippen molar-refractivity contribution in [1.29, 1.82) is 0 Å². The Morgan fingerprint density at radius 3 is 1.81 bits per heavy atom. The maximum Gasteiger partial charge on any atom is 0.158 e. The Morgan fingerprint density at radius 1 is 0.537 bits per heavy atom. The van der Waals surface area contributed by atoms with E-state index in [9.17, 15) is 0 Å². The van der Waals surface area contributed by atoms with Gasteiger partial charge in [0.05, 0.1) is 0 Å². The van der Waals surface area contributed by atoms with Gasteiger partial charge < -0.3 is 15.4 Å². The van der Waals surface area contributed by atoms with Gasteiger partial charge in [0.1, 0.15) is 24.0 Å². The SMILES string of the molecule is C1=Cc2c(cccc2-c2ccccc2)Oc2ccccc21.CN1CN=C(c2ccccc2)N=C1c1ccccc1.Cc1cccc(-c2cccc(N)c2)c1. The van der Waals surface area contributed by atoms with E-state index in [4.69, 9.17) is 15.5 Å². The molecule has 2 aliphatic rings. The minimum absolute atomic E-state index is 0.637. The topological polar surface area (TPSA) is 63.2 Å². The van der Waals surface area contributed by atoms with E-state index < -0.39 is 0 Å². The van der Waals surface area contributed by atoms with Crippen molar-refractivity contribution in [1.82, 2.24) is 4.90 Å². The molecular weight excluding hydrogens is 661 g/mol. The Labute approximate surface area is 318 Å². The number of benzene rings is 7. The van der Waals surface area contributed by atoms with Crippen LogP contribution in [0.15, 0.2) is 192 Å². The van der Waals surface area contributed by atoms with Crippen LogP contribution in [0.5, 0.6) is 11.5 Å². The molecule has 264 valence electrons. The van der Waals surface area contributed by atoms with Crippen LogP contribution in [-0.2, 0) is 0 Å². The summed E-state index contributed by atoms with van der Waals surface area (Å²) >= 11 is 0. The molecule has 0 saturated heterocycles. The van der Waals surface area contributed by atoms with Crippen LogP contribution >= 0.6 is 0 Å². The minimum Gasteiger partial charge on any atom is -0.456 e. The fraction of sp³-hybridized carbons (Fsp3) is 0.0612. The zero-order chi connectivity index (χ0) is 37.1. The first-order chi connectivity index (χ1) is 26.5. The number of ether oxygens (including phenoxy) is 1. The van der Waals surface area contributed by atoms with Crippen molar-refractivity contribution in [3.8, 4) is 33.8 Å². The van der Waals surface area contributed by atoms with Crippen LogP contribution in [-0.4, -0.2) is 30.3 Å². The number of rotatable bonds is 4. The van der Waals surface area contributed by atoms with Gasteiger partial charge in [-0.2, -0.15) is 0 Å². The summed E-state index contributed by atoms with van der Waals surface area (Å²) in [4.78, 5) is 11.3. The molecule has 0 amide bonds. The highest BCUT2D eigenvalue weighted by molar-refractivity contribution is 6.12. The number of fused-ring (bicyclic) bond motifs is 2. The predicted molar refractivity (Wildman–Crippen MR) is 227 cm³/mol. The van der Waals surface area contributed by atoms with Crippen molar-refractivity contribution in [2.24, 2.45) is 9.98 Å². The molecule has 2 N–H and O–H groups in total. The highest BCUT2D eigenvalue weighted by Crippen LogP contribution is 2.38. The minimum atomic E-state index is 0.637. The van der Waals surface area contributed by atoms with Gasteiger partial charge in [-0.15, -0.1) is 0 Å². The first-order valence-electron chi connectivity index (χ1n) is 18.0. The van der Waals surface area contributed by atoms with Gasteiger partial charge in [-0.3, -0.25) is 0 Å². The van der Waals surface area contributed by atoms with Gasteiger partial charge in [-0.1, -0.05) is 169 Å². The van der Waals surface area contributed by atoms with Crippen molar-refractivity contribution in [3.63, 3.8) is 0 Å². The van der Waals surface area contributed by atoms with Gasteiger partial charge in [0.2, 0.25) is 0 Å². The van der Waals surface area contributed by atoms with E-state index in [-0.39, 0.29) is 0 Å². The standard InChI is InChI=1S/C20H14O.C16H15N3.C13H13N/c1-2-7-15(8-3-1)17-10-6-12-20-18(17)14-13-16-9-4-5-11-19(16)21-20;1-19-12-17-15(13-8-4-2-5-9-13)18-16(19)14-10-6-3-7-11-14;1-10-4-2-5-11(8-10)12-6-3-7-13(14)9-12/h1-14H;2-11H,12H2,1H3;2-9H,14H2,1H3. The lowest BCUT2D eigenvalue weighted by molar-refractivity contribution is 0.482. The van der Waals surface area contributed by atoms with Crippen molar-refractivity contribution in [2.45, 2.75) is 6.92 Å². The molecule has 7 aromatic rings. The first-order valence-corrected chi connectivity index (χ1v) is 18.0. The second-order valence-corrected chi connectivity index (χ2v) is 13.0. The van der Waals surface area contributed by atoms with Crippen molar-refractivity contribution in [2.75, 3.05) is 19.5 Å². The lowest BCUT2D eigenvalue weighted by atomic mass is 9.98. The predicted octanol–water partition coefficient (Wildman–Crippen LogP) is 11.7. The number of amidine groups is 2. The third kappa shape index (κ3) is 8.72. The smallest absolute Gasteiger partial charge is 0.158 e. The van der Waals surface area contributed by atoms with Gasteiger partial charge in [0.15, 0.2) is 5.84 Å². The van der Waals surface area contributed by atoms with Gasteiger partial charge in [-0.05, 0) is 59.5 Å². The van der Waals surface area contributed by atoms with E-state index in [0.29, 0.717) is 6.67 Å². The third-order valence-corrected chi connectivity index (χ3v) is 9.03. The van der Waals surface area contributed by atoms with Crippen LogP contribution < -0.4 is 10.5 Å². The van der Waals surface area contributed by atoms with Gasteiger partial charge in [0, 0.05) is 35.0 Å². The molecule has 0 spiro atoms. The highest BCUT2D eigenvalue weighted by atomic mass is 16.5. The van der Waals surface area contributed by atoms with Crippen molar-refractivity contribution >= 4 is 29.5 Å². The molecule has 5 nitrogen and oxygen atoms in total. The molecule has 2 heterocycles. The Morgan fingerprint density at radius 2 is 1.11 bits per heavy atom. The molecule has 0 aliphatic carbocycles. The van der Waals surface area contributed by atoms with Crippen LogP contribution in [0, 0.1) is 6.92 Å². The number of para-hydroxylation sites is 1. The number of nitrogens with two attached hydrogens (primary N) is 1. The van der Waals surface area contributed by atoms with Gasteiger partial charge >= 0.3 is 0 Å². The monoisotopic (exact) mass is 702 g/mol. The molecule has 0 bridgehead atoms. The fourth-order valence-electron chi connectivity index (χ4n) is 6.30. The summed E-state index contributed by atoms with van der Waals surface area (Å²) in [5, 5.41) is 0. The molecule has 5 heteroatoms. The lowest BCUT2D eigenvalue weighted by Gasteiger charge is -2.23. The number of hydrogen-bond acceptors (Lipinski definition) is 5. The lowest BCUT2D eigenvalue weighted by Crippen LogP contribution is -2.32. The van der Waals surface area contributed by atoms with Crippen LogP contribution in [0.4, 0.5) is 5.69 Å². The molecule has 0 unspecified atom stereocenters. The van der Waals surface area contributed by atoms with Crippen LogP contribution in [0.25, 0.3) is 34.4 Å². The number of nitrogen functional groups attached to an aromatic ring is 1. The average molecular weight is 703 g/mol. The van der Waals surface area contributed by atoms with Crippen molar-refractivity contribution < 1.29 is 4.74 Å². The van der Waals surface area contributed by atoms with E-state index >= 15 is 0 Å².